The minimum atomic E-state index is -3.81. The summed E-state index contributed by atoms with van der Waals surface area (Å²) < 4.78 is 83.3. The fourth-order valence-corrected chi connectivity index (χ4v) is 2.29. The minimum absolute atomic E-state index is 0. The second-order valence-electron chi connectivity index (χ2n) is 4.17. The molecular formula is C9H24K3N3O9S3. The Labute approximate surface area is 289 Å². The second kappa shape index (κ2) is 26.8. The normalized spacial score (nSPS) is 10.4. The molecule has 0 aliphatic carbocycles. The van der Waals surface area contributed by atoms with Crippen LogP contribution in [0.2, 0.25) is 0 Å². The smallest absolute Gasteiger partial charge is 0.677 e. The zero-order valence-electron chi connectivity index (χ0n) is 15.9. The summed E-state index contributed by atoms with van der Waals surface area (Å²) in [6, 6.07) is 0. The standard InChI is InChI=1S/3C3H8NO3S.3K/c3*4-2-1-3-8(5,6)7;;;/h3*4H,1-3H2,(H,5,6,7);;;/q3*-1;3*+1. The van der Waals surface area contributed by atoms with Crippen molar-refractivity contribution in [3.8, 4) is 0 Å². The molecule has 0 aromatic rings. The molecule has 0 aliphatic heterocycles. The van der Waals surface area contributed by atoms with Gasteiger partial charge >= 0.3 is 154 Å². The third-order valence-corrected chi connectivity index (χ3v) is 4.15. The number of hydrogen-bond acceptors (Lipinski definition) is 6. The van der Waals surface area contributed by atoms with Crippen molar-refractivity contribution >= 4 is 30.4 Å². The van der Waals surface area contributed by atoms with Gasteiger partial charge in [0.2, 0.25) is 0 Å². The SMILES string of the molecule is [K+].[K+].[K+].[NH-]CCCS(=O)(=O)O.[NH-]CCCS(=O)(=O)O.[NH-]CCCS(=O)(=O)O. The average Bonchev–Trinajstić information content (AvgIpc) is 2.39. The predicted molar refractivity (Wildman–Crippen MR) is 90.7 cm³/mol. The van der Waals surface area contributed by atoms with Crippen LogP contribution in [0.15, 0.2) is 0 Å². The van der Waals surface area contributed by atoms with Crippen LogP contribution in [0.25, 0.3) is 17.2 Å². The maximum Gasteiger partial charge on any atom is 1.00 e. The molecule has 0 spiro atoms. The van der Waals surface area contributed by atoms with E-state index in [1.807, 2.05) is 0 Å². The number of nitrogens with one attached hydrogen (secondary N) is 3. The fourth-order valence-electron chi connectivity index (χ4n) is 0.764. The van der Waals surface area contributed by atoms with E-state index < -0.39 is 30.4 Å². The third kappa shape index (κ3) is 65.2. The van der Waals surface area contributed by atoms with Gasteiger partial charge in [0.15, 0.2) is 0 Å². The average molecular weight is 532 g/mol. The molecule has 27 heavy (non-hydrogen) atoms. The minimum Gasteiger partial charge on any atom is -0.677 e. The zero-order valence-corrected chi connectivity index (χ0v) is 27.7. The van der Waals surface area contributed by atoms with Gasteiger partial charge < -0.3 is 17.2 Å². The monoisotopic (exact) mass is 531 g/mol. The van der Waals surface area contributed by atoms with E-state index in [4.69, 9.17) is 30.9 Å². The van der Waals surface area contributed by atoms with E-state index in [-0.39, 0.29) is 210 Å². The molecule has 12 nitrogen and oxygen atoms in total. The van der Waals surface area contributed by atoms with Crippen LogP contribution >= 0.6 is 0 Å². The van der Waals surface area contributed by atoms with Crippen molar-refractivity contribution in [2.45, 2.75) is 19.3 Å². The van der Waals surface area contributed by atoms with Crippen molar-refractivity contribution in [3.63, 3.8) is 0 Å². The first-order chi connectivity index (χ1) is 10.7. The topological polar surface area (TPSA) is 235 Å². The quantitative estimate of drug-likeness (QED) is 0.189. The van der Waals surface area contributed by atoms with E-state index >= 15 is 0 Å². The zero-order chi connectivity index (χ0) is 19.9. The van der Waals surface area contributed by atoms with Gasteiger partial charge in [0.05, 0.1) is 17.3 Å². The number of rotatable bonds is 9. The maximum atomic E-state index is 9.86. The summed E-state index contributed by atoms with van der Waals surface area (Å²) in [7, 11) is -11.4. The molecule has 0 rings (SSSR count). The molecule has 0 aliphatic rings. The van der Waals surface area contributed by atoms with Gasteiger partial charge in [0.25, 0.3) is 30.4 Å². The molecule has 0 saturated heterocycles. The van der Waals surface area contributed by atoms with E-state index in [1.54, 1.807) is 0 Å². The Morgan fingerprint density at radius 2 is 0.630 bits per heavy atom. The molecule has 18 heteroatoms. The molecule has 0 unspecified atom stereocenters. The van der Waals surface area contributed by atoms with Crippen molar-refractivity contribution < 1.29 is 193 Å². The first kappa shape index (κ1) is 45.1. The van der Waals surface area contributed by atoms with Gasteiger partial charge in [-0.1, -0.05) is 19.3 Å². The van der Waals surface area contributed by atoms with Crippen molar-refractivity contribution in [2.24, 2.45) is 0 Å². The van der Waals surface area contributed by atoms with Crippen molar-refractivity contribution in [2.75, 3.05) is 36.9 Å². The van der Waals surface area contributed by atoms with Crippen molar-refractivity contribution in [3.05, 3.63) is 17.2 Å². The molecule has 150 valence electrons. The summed E-state index contributed by atoms with van der Waals surface area (Å²) in [5.74, 6) is -0.885. The molecule has 0 amide bonds. The van der Waals surface area contributed by atoms with E-state index in [9.17, 15) is 25.3 Å². The van der Waals surface area contributed by atoms with Gasteiger partial charge in [0, 0.05) is 0 Å². The molecule has 0 radical (unpaired) electrons. The summed E-state index contributed by atoms with van der Waals surface area (Å²) >= 11 is 0. The van der Waals surface area contributed by atoms with Crippen LogP contribution in [0.3, 0.4) is 0 Å². The van der Waals surface area contributed by atoms with E-state index in [2.05, 4.69) is 0 Å². The molecule has 6 N–H and O–H groups in total. The van der Waals surface area contributed by atoms with Crippen molar-refractivity contribution in [1.29, 1.82) is 0 Å². The van der Waals surface area contributed by atoms with E-state index in [0.717, 1.165) is 0 Å². The Morgan fingerprint density at radius 1 is 0.481 bits per heavy atom. The van der Waals surface area contributed by atoms with E-state index in [0.29, 0.717) is 0 Å². The van der Waals surface area contributed by atoms with Gasteiger partial charge in [-0.3, -0.25) is 13.7 Å². The van der Waals surface area contributed by atoms with Gasteiger partial charge in [-0.25, -0.2) is 0 Å². The Hall–Kier alpha value is 4.52. The van der Waals surface area contributed by atoms with Crippen LogP contribution in [0.4, 0.5) is 0 Å². The molecule has 0 aromatic heterocycles. The van der Waals surface area contributed by atoms with Gasteiger partial charge in [-0.15, -0.1) is 0 Å². The van der Waals surface area contributed by atoms with Crippen molar-refractivity contribution in [1.82, 2.24) is 0 Å². The molecule has 0 saturated carbocycles. The van der Waals surface area contributed by atoms with Crippen LogP contribution in [0.1, 0.15) is 19.3 Å². The predicted octanol–water partition coefficient (Wildman–Crippen LogP) is -8.04. The summed E-state index contributed by atoms with van der Waals surface area (Å²) in [5, 5.41) is 0. The van der Waals surface area contributed by atoms with E-state index in [1.165, 1.54) is 0 Å². The molecule has 0 aromatic carbocycles. The molecule has 0 bridgehead atoms. The second-order valence-corrected chi connectivity index (χ2v) is 8.89. The Morgan fingerprint density at radius 3 is 0.667 bits per heavy atom. The molecule has 0 atom stereocenters. The van der Waals surface area contributed by atoms with Gasteiger partial charge in [-0.2, -0.15) is 44.9 Å². The Bertz CT molecular complexity index is 515. The van der Waals surface area contributed by atoms with Crippen LogP contribution < -0.4 is 154 Å². The third-order valence-electron chi connectivity index (χ3n) is 1.74. The van der Waals surface area contributed by atoms with Crippen LogP contribution in [-0.2, 0) is 30.4 Å². The van der Waals surface area contributed by atoms with Gasteiger partial charge in [-0.05, 0) is 0 Å². The largest absolute Gasteiger partial charge is 1.00 e. The fraction of sp³-hybridized carbons (Fsp3) is 1.00. The first-order valence-corrected chi connectivity index (χ1v) is 11.3. The van der Waals surface area contributed by atoms with Gasteiger partial charge in [0.1, 0.15) is 0 Å². The summed E-state index contributed by atoms with van der Waals surface area (Å²) in [6.07, 6.45) is 0.622. The summed E-state index contributed by atoms with van der Waals surface area (Å²) in [6.45, 7) is 0.124. The van der Waals surface area contributed by atoms with Crippen LogP contribution in [0, 0.1) is 0 Å². The molecular weight excluding hydrogens is 508 g/mol. The Balaban J connectivity index is -0.0000000580. The summed E-state index contributed by atoms with van der Waals surface area (Å²) in [5.41, 5.74) is 19.5. The molecule has 0 heterocycles. The Kier molecular flexibility index (Phi) is 44.7. The first-order valence-electron chi connectivity index (χ1n) is 6.47. The van der Waals surface area contributed by atoms with Crippen LogP contribution in [-0.4, -0.2) is 75.8 Å². The van der Waals surface area contributed by atoms with Crippen LogP contribution in [0.5, 0.6) is 0 Å². The maximum absolute atomic E-state index is 9.86. The molecule has 0 fully saturated rings. The summed E-state index contributed by atoms with van der Waals surface area (Å²) in [4.78, 5) is 0. The number of hydrogen-bond donors (Lipinski definition) is 3.